The monoisotopic (exact) mass is 340 g/mol. The van der Waals surface area contributed by atoms with Crippen LogP contribution in [-0.4, -0.2) is 51.2 Å². The topological polar surface area (TPSA) is 60.9 Å². The minimum absolute atomic E-state index is 0.554. The molecule has 1 saturated heterocycles. The molecule has 0 bridgehead atoms. The van der Waals surface area contributed by atoms with Gasteiger partial charge in [-0.05, 0) is 51.0 Å². The molecule has 0 aromatic carbocycles. The summed E-state index contributed by atoms with van der Waals surface area (Å²) in [6.45, 7) is 5.27. The van der Waals surface area contributed by atoms with Crippen LogP contribution in [0, 0.1) is 6.92 Å². The molecule has 0 spiro atoms. The van der Waals surface area contributed by atoms with Crippen LogP contribution in [0.1, 0.15) is 48.3 Å². The first kappa shape index (κ1) is 16.5. The molecule has 1 aliphatic heterocycles. The number of piperidine rings is 1. The summed E-state index contributed by atoms with van der Waals surface area (Å²) in [6.07, 6.45) is 9.00. The average molecular weight is 340 g/mol. The van der Waals surface area contributed by atoms with Gasteiger partial charge in [-0.25, -0.2) is 9.97 Å². The number of anilines is 1. The molecule has 6 heteroatoms. The molecule has 0 atom stereocenters. The first-order valence-electron chi connectivity index (χ1n) is 9.49. The van der Waals surface area contributed by atoms with Gasteiger partial charge >= 0.3 is 0 Å². The Bertz CT molecular complexity index is 716. The number of aromatic amines is 1. The number of likely N-dealkylation sites (tertiary alicyclic amines) is 1. The Balaban J connectivity index is 1.35. The van der Waals surface area contributed by atoms with Crippen molar-refractivity contribution >= 4 is 5.82 Å². The second-order valence-electron chi connectivity index (χ2n) is 7.47. The van der Waals surface area contributed by atoms with Gasteiger partial charge in [-0.2, -0.15) is 5.10 Å². The number of hydrogen-bond donors (Lipinski definition) is 1. The van der Waals surface area contributed by atoms with Crippen molar-refractivity contribution in [2.24, 2.45) is 0 Å². The maximum absolute atomic E-state index is 4.61. The van der Waals surface area contributed by atoms with Crippen molar-refractivity contribution in [3.05, 3.63) is 35.0 Å². The number of nitrogens with zero attached hydrogens (tertiary/aromatic N) is 5. The Morgan fingerprint density at radius 1 is 1.20 bits per heavy atom. The summed E-state index contributed by atoms with van der Waals surface area (Å²) in [5, 5.41) is 7.88. The number of H-pyrrole nitrogens is 1. The zero-order valence-electron chi connectivity index (χ0n) is 15.3. The fraction of sp³-hybridized carbons (Fsp3) is 0.632. The Morgan fingerprint density at radius 2 is 2.00 bits per heavy atom. The van der Waals surface area contributed by atoms with Crippen molar-refractivity contribution in [3.63, 3.8) is 0 Å². The Kier molecular flexibility index (Phi) is 4.70. The molecular formula is C19H28N6. The van der Waals surface area contributed by atoms with E-state index in [4.69, 9.17) is 0 Å². The lowest BCUT2D eigenvalue weighted by Crippen LogP contribution is -2.43. The molecule has 134 valence electrons. The highest BCUT2D eigenvalue weighted by atomic mass is 15.2. The molecule has 0 amide bonds. The maximum atomic E-state index is 4.61. The number of fused-ring (bicyclic) bond motifs is 1. The standard InChI is InChI=1S/C19H28N6/c1-14-11-19(21-13-20-14)24(2)15-7-9-25(10-8-15)12-18-16-5-3-4-6-17(16)22-23-18/h11,13,15H,3-10,12H2,1-2H3,(H,22,23). The van der Waals surface area contributed by atoms with Gasteiger partial charge in [-0.3, -0.25) is 10.00 Å². The van der Waals surface area contributed by atoms with Gasteiger partial charge in [0.05, 0.1) is 5.69 Å². The van der Waals surface area contributed by atoms with Crippen molar-refractivity contribution in [2.75, 3.05) is 25.0 Å². The maximum Gasteiger partial charge on any atom is 0.132 e. The lowest BCUT2D eigenvalue weighted by Gasteiger charge is -2.37. The van der Waals surface area contributed by atoms with Gasteiger partial charge in [0.1, 0.15) is 12.1 Å². The normalized spacial score (nSPS) is 19.0. The lowest BCUT2D eigenvalue weighted by molar-refractivity contribution is 0.200. The largest absolute Gasteiger partial charge is 0.356 e. The summed E-state index contributed by atoms with van der Waals surface area (Å²) >= 11 is 0. The van der Waals surface area contributed by atoms with Gasteiger partial charge in [-0.15, -0.1) is 0 Å². The third-order valence-corrected chi connectivity index (χ3v) is 5.77. The van der Waals surface area contributed by atoms with Gasteiger partial charge in [0, 0.05) is 50.2 Å². The predicted octanol–water partition coefficient (Wildman–Crippen LogP) is 2.49. The van der Waals surface area contributed by atoms with Crippen molar-refractivity contribution in [1.29, 1.82) is 0 Å². The quantitative estimate of drug-likeness (QED) is 0.926. The summed E-state index contributed by atoms with van der Waals surface area (Å²) in [7, 11) is 2.16. The summed E-state index contributed by atoms with van der Waals surface area (Å²) in [6, 6.07) is 2.63. The Morgan fingerprint density at radius 3 is 2.80 bits per heavy atom. The van der Waals surface area contributed by atoms with E-state index in [-0.39, 0.29) is 0 Å². The van der Waals surface area contributed by atoms with E-state index >= 15 is 0 Å². The molecule has 3 heterocycles. The fourth-order valence-electron chi connectivity index (χ4n) is 4.18. The highest BCUT2D eigenvalue weighted by molar-refractivity contribution is 5.39. The molecule has 0 saturated carbocycles. The molecule has 4 rings (SSSR count). The molecular weight excluding hydrogens is 312 g/mol. The second-order valence-corrected chi connectivity index (χ2v) is 7.47. The lowest BCUT2D eigenvalue weighted by atomic mass is 9.95. The van der Waals surface area contributed by atoms with Gasteiger partial charge in [0.15, 0.2) is 0 Å². The molecule has 1 aliphatic carbocycles. The van der Waals surface area contributed by atoms with Crippen molar-refractivity contribution in [1.82, 2.24) is 25.1 Å². The van der Waals surface area contributed by atoms with Crippen molar-refractivity contribution in [3.8, 4) is 0 Å². The molecule has 1 N–H and O–H groups in total. The minimum Gasteiger partial charge on any atom is -0.356 e. The smallest absolute Gasteiger partial charge is 0.132 e. The number of hydrogen-bond acceptors (Lipinski definition) is 5. The number of aryl methyl sites for hydroxylation is 2. The summed E-state index contributed by atoms with van der Waals surface area (Å²) in [5.41, 5.74) is 5.20. The van der Waals surface area contributed by atoms with E-state index in [1.807, 2.05) is 6.92 Å². The van der Waals surface area contributed by atoms with Crippen LogP contribution in [0.5, 0.6) is 0 Å². The Labute approximate surface area is 149 Å². The van der Waals surface area contributed by atoms with Crippen molar-refractivity contribution in [2.45, 2.75) is 58.0 Å². The molecule has 2 aromatic rings. The van der Waals surface area contributed by atoms with E-state index in [0.717, 1.165) is 31.1 Å². The Hall–Kier alpha value is -1.95. The van der Waals surface area contributed by atoms with Gasteiger partial charge < -0.3 is 4.90 Å². The zero-order chi connectivity index (χ0) is 17.2. The van der Waals surface area contributed by atoms with Crippen LogP contribution in [-0.2, 0) is 19.4 Å². The summed E-state index contributed by atoms with van der Waals surface area (Å²) in [4.78, 5) is 13.5. The van der Waals surface area contributed by atoms with Crippen LogP contribution in [0.15, 0.2) is 12.4 Å². The van der Waals surface area contributed by atoms with Crippen LogP contribution in [0.4, 0.5) is 5.82 Å². The van der Waals surface area contributed by atoms with Crippen molar-refractivity contribution < 1.29 is 0 Å². The van der Waals surface area contributed by atoms with E-state index in [0.29, 0.717) is 6.04 Å². The zero-order valence-corrected chi connectivity index (χ0v) is 15.3. The van der Waals surface area contributed by atoms with Gasteiger partial charge in [-0.1, -0.05) is 0 Å². The first-order valence-corrected chi connectivity index (χ1v) is 9.49. The highest BCUT2D eigenvalue weighted by Crippen LogP contribution is 2.25. The van der Waals surface area contributed by atoms with Gasteiger partial charge in [0.2, 0.25) is 0 Å². The fourth-order valence-corrected chi connectivity index (χ4v) is 4.18. The molecule has 1 fully saturated rings. The van der Waals surface area contributed by atoms with Crippen LogP contribution in [0.25, 0.3) is 0 Å². The molecule has 0 radical (unpaired) electrons. The average Bonchev–Trinajstić information content (AvgIpc) is 3.05. The molecule has 0 unspecified atom stereocenters. The summed E-state index contributed by atoms with van der Waals surface area (Å²) < 4.78 is 0. The minimum atomic E-state index is 0.554. The number of aromatic nitrogens is 4. The van der Waals surface area contributed by atoms with E-state index in [2.05, 4.69) is 43.1 Å². The van der Waals surface area contributed by atoms with Crippen LogP contribution < -0.4 is 4.90 Å². The van der Waals surface area contributed by atoms with E-state index in [1.54, 1.807) is 6.33 Å². The van der Waals surface area contributed by atoms with Crippen LogP contribution in [0.3, 0.4) is 0 Å². The summed E-state index contributed by atoms with van der Waals surface area (Å²) in [5.74, 6) is 1.03. The van der Waals surface area contributed by atoms with Crippen LogP contribution >= 0.6 is 0 Å². The van der Waals surface area contributed by atoms with E-state index in [1.165, 1.54) is 55.5 Å². The first-order chi connectivity index (χ1) is 12.2. The molecule has 25 heavy (non-hydrogen) atoms. The third kappa shape index (κ3) is 3.54. The predicted molar refractivity (Wildman–Crippen MR) is 98.7 cm³/mol. The molecule has 2 aliphatic rings. The second kappa shape index (κ2) is 7.12. The van der Waals surface area contributed by atoms with E-state index in [9.17, 15) is 0 Å². The number of nitrogens with one attached hydrogen (secondary N) is 1. The third-order valence-electron chi connectivity index (χ3n) is 5.77. The molecule has 6 nitrogen and oxygen atoms in total. The van der Waals surface area contributed by atoms with Crippen LogP contribution in [0.2, 0.25) is 0 Å². The number of rotatable bonds is 4. The SMILES string of the molecule is Cc1cc(N(C)C2CCN(Cc3n[nH]c4c3CCCC4)CC2)ncn1. The van der Waals surface area contributed by atoms with E-state index < -0.39 is 0 Å². The van der Waals surface area contributed by atoms with Gasteiger partial charge in [0.25, 0.3) is 0 Å². The highest BCUT2D eigenvalue weighted by Gasteiger charge is 2.25. The molecule has 2 aromatic heterocycles.